The topological polar surface area (TPSA) is 21.7 Å². The zero-order valence-corrected chi connectivity index (χ0v) is 12.6. The van der Waals surface area contributed by atoms with Crippen LogP contribution in [0.2, 0.25) is 0 Å². The number of hydrogen-bond donors (Lipinski definition) is 0. The molecule has 3 nitrogen and oxygen atoms in total. The molecule has 0 unspecified atom stereocenters. The summed E-state index contributed by atoms with van der Waals surface area (Å²) >= 11 is 3.55. The first kappa shape index (κ1) is 13.8. The molecule has 1 aromatic carbocycles. The average molecular weight is 314 g/mol. The predicted molar refractivity (Wildman–Crippen MR) is 76.0 cm³/mol. The van der Waals surface area contributed by atoms with Gasteiger partial charge in [0.05, 0.1) is 17.2 Å². The Kier molecular flexibility index (Phi) is 5.03. The van der Waals surface area contributed by atoms with E-state index in [1.807, 2.05) is 13.0 Å². The summed E-state index contributed by atoms with van der Waals surface area (Å²) < 4.78 is 11.9. The molecule has 1 aliphatic rings. The van der Waals surface area contributed by atoms with Gasteiger partial charge >= 0.3 is 0 Å². The summed E-state index contributed by atoms with van der Waals surface area (Å²) in [5, 5.41) is 0. The van der Waals surface area contributed by atoms with E-state index in [9.17, 15) is 0 Å². The van der Waals surface area contributed by atoms with E-state index in [1.165, 1.54) is 5.56 Å². The fourth-order valence-corrected chi connectivity index (χ4v) is 2.85. The quantitative estimate of drug-likeness (QED) is 0.834. The van der Waals surface area contributed by atoms with Gasteiger partial charge in [0.25, 0.3) is 0 Å². The van der Waals surface area contributed by atoms with Gasteiger partial charge in [-0.1, -0.05) is 6.07 Å². The van der Waals surface area contributed by atoms with Crippen molar-refractivity contribution in [3.05, 3.63) is 28.2 Å². The minimum Gasteiger partial charge on any atom is -0.493 e. The first-order valence-corrected chi connectivity index (χ1v) is 7.18. The molecule has 0 spiro atoms. The van der Waals surface area contributed by atoms with Crippen molar-refractivity contribution in [1.29, 1.82) is 0 Å². The molecule has 4 heteroatoms. The van der Waals surface area contributed by atoms with Gasteiger partial charge in [0.2, 0.25) is 0 Å². The van der Waals surface area contributed by atoms with Crippen molar-refractivity contribution in [2.45, 2.75) is 26.0 Å². The molecule has 1 saturated heterocycles. The largest absolute Gasteiger partial charge is 0.493 e. The van der Waals surface area contributed by atoms with E-state index in [1.54, 1.807) is 7.11 Å². The first-order chi connectivity index (χ1) is 8.72. The molecule has 18 heavy (non-hydrogen) atoms. The number of hydrogen-bond acceptors (Lipinski definition) is 3. The molecule has 1 atom stereocenters. The van der Waals surface area contributed by atoms with Gasteiger partial charge in [0, 0.05) is 26.7 Å². The SMILES string of the molecule is CCOc1ccc(CN2CC[C@H](OC)C2)cc1Br. The summed E-state index contributed by atoms with van der Waals surface area (Å²) in [4.78, 5) is 2.43. The zero-order chi connectivity index (χ0) is 13.0. The van der Waals surface area contributed by atoms with Crippen LogP contribution < -0.4 is 4.74 Å². The van der Waals surface area contributed by atoms with E-state index in [-0.39, 0.29) is 0 Å². The Balaban J connectivity index is 1.96. The lowest BCUT2D eigenvalue weighted by Gasteiger charge is -2.16. The number of ether oxygens (including phenoxy) is 2. The van der Waals surface area contributed by atoms with Crippen LogP contribution in [-0.4, -0.2) is 37.8 Å². The van der Waals surface area contributed by atoms with Crippen molar-refractivity contribution < 1.29 is 9.47 Å². The molecule has 0 saturated carbocycles. The number of benzene rings is 1. The second-order valence-electron chi connectivity index (χ2n) is 4.58. The fraction of sp³-hybridized carbons (Fsp3) is 0.571. The number of rotatable bonds is 5. The molecule has 0 aliphatic carbocycles. The maximum absolute atomic E-state index is 5.52. The Morgan fingerprint density at radius 1 is 1.44 bits per heavy atom. The minimum absolute atomic E-state index is 0.399. The molecule has 1 aromatic rings. The Morgan fingerprint density at radius 2 is 2.28 bits per heavy atom. The maximum atomic E-state index is 5.52. The first-order valence-electron chi connectivity index (χ1n) is 6.39. The van der Waals surface area contributed by atoms with Crippen molar-refractivity contribution in [3.63, 3.8) is 0 Å². The molecule has 1 fully saturated rings. The van der Waals surface area contributed by atoms with Crippen LogP contribution in [-0.2, 0) is 11.3 Å². The smallest absolute Gasteiger partial charge is 0.133 e. The third kappa shape index (κ3) is 3.46. The van der Waals surface area contributed by atoms with Gasteiger partial charge in [-0.05, 0) is 47.0 Å². The summed E-state index contributed by atoms with van der Waals surface area (Å²) in [5.74, 6) is 0.914. The van der Waals surface area contributed by atoms with E-state index >= 15 is 0 Å². The molecule has 0 N–H and O–H groups in total. The van der Waals surface area contributed by atoms with E-state index in [0.717, 1.165) is 36.3 Å². The van der Waals surface area contributed by atoms with E-state index in [2.05, 4.69) is 33.0 Å². The number of likely N-dealkylation sites (tertiary alicyclic amines) is 1. The van der Waals surface area contributed by atoms with Crippen molar-refractivity contribution in [2.24, 2.45) is 0 Å². The zero-order valence-electron chi connectivity index (χ0n) is 11.0. The molecule has 0 amide bonds. The molecule has 0 bridgehead atoms. The van der Waals surface area contributed by atoms with Crippen molar-refractivity contribution >= 4 is 15.9 Å². The maximum Gasteiger partial charge on any atom is 0.133 e. The molecular weight excluding hydrogens is 294 g/mol. The number of halogens is 1. The Hall–Kier alpha value is -0.580. The van der Waals surface area contributed by atoms with Crippen molar-refractivity contribution in [2.75, 3.05) is 26.8 Å². The third-order valence-corrected chi connectivity index (χ3v) is 3.88. The summed E-state index contributed by atoms with van der Waals surface area (Å²) in [7, 11) is 1.79. The Morgan fingerprint density at radius 3 is 2.89 bits per heavy atom. The van der Waals surface area contributed by atoms with Gasteiger partial charge in [0.1, 0.15) is 5.75 Å². The van der Waals surface area contributed by atoms with Crippen LogP contribution in [0, 0.1) is 0 Å². The Bertz CT molecular complexity index is 397. The summed E-state index contributed by atoms with van der Waals surface area (Å²) in [6, 6.07) is 6.31. The lowest BCUT2D eigenvalue weighted by Crippen LogP contribution is -2.22. The second-order valence-corrected chi connectivity index (χ2v) is 5.43. The predicted octanol–water partition coefficient (Wildman–Crippen LogP) is 3.07. The van der Waals surface area contributed by atoms with Crippen LogP contribution >= 0.6 is 15.9 Å². The van der Waals surface area contributed by atoms with Crippen LogP contribution in [0.5, 0.6) is 5.75 Å². The highest BCUT2D eigenvalue weighted by Gasteiger charge is 2.21. The van der Waals surface area contributed by atoms with Crippen LogP contribution in [0.25, 0.3) is 0 Å². The molecule has 100 valence electrons. The van der Waals surface area contributed by atoms with Gasteiger partial charge in [-0.3, -0.25) is 4.90 Å². The van der Waals surface area contributed by atoms with Gasteiger partial charge in [-0.2, -0.15) is 0 Å². The van der Waals surface area contributed by atoms with Crippen LogP contribution in [0.3, 0.4) is 0 Å². The lowest BCUT2D eigenvalue weighted by molar-refractivity contribution is 0.107. The van der Waals surface area contributed by atoms with E-state index < -0.39 is 0 Å². The van der Waals surface area contributed by atoms with Crippen molar-refractivity contribution in [3.8, 4) is 5.75 Å². The average Bonchev–Trinajstić information content (AvgIpc) is 2.80. The monoisotopic (exact) mass is 313 g/mol. The second kappa shape index (κ2) is 6.55. The summed E-state index contributed by atoms with van der Waals surface area (Å²) in [6.07, 6.45) is 1.53. The fourth-order valence-electron chi connectivity index (χ4n) is 2.31. The van der Waals surface area contributed by atoms with Gasteiger partial charge < -0.3 is 9.47 Å². The van der Waals surface area contributed by atoms with E-state index in [0.29, 0.717) is 12.7 Å². The highest BCUT2D eigenvalue weighted by Crippen LogP contribution is 2.27. The summed E-state index contributed by atoms with van der Waals surface area (Å²) in [5.41, 5.74) is 1.31. The van der Waals surface area contributed by atoms with E-state index in [4.69, 9.17) is 9.47 Å². The lowest BCUT2D eigenvalue weighted by atomic mass is 10.2. The molecular formula is C14H20BrNO2. The normalized spacial score (nSPS) is 20.3. The van der Waals surface area contributed by atoms with Crippen LogP contribution in [0.1, 0.15) is 18.9 Å². The molecule has 0 aromatic heterocycles. The molecule has 2 rings (SSSR count). The molecule has 1 heterocycles. The minimum atomic E-state index is 0.399. The standard InChI is InChI=1S/C14H20BrNO2/c1-3-18-14-5-4-11(8-13(14)15)9-16-7-6-12(10-16)17-2/h4-5,8,12H,3,6-7,9-10H2,1-2H3/t12-/m0/s1. The summed E-state index contributed by atoms with van der Waals surface area (Å²) in [6.45, 7) is 5.81. The van der Waals surface area contributed by atoms with Crippen molar-refractivity contribution in [1.82, 2.24) is 4.90 Å². The number of methoxy groups -OCH3 is 1. The molecule has 1 aliphatic heterocycles. The third-order valence-electron chi connectivity index (χ3n) is 3.26. The number of nitrogens with zero attached hydrogens (tertiary/aromatic N) is 1. The van der Waals surface area contributed by atoms with Gasteiger partial charge in [-0.15, -0.1) is 0 Å². The highest BCUT2D eigenvalue weighted by molar-refractivity contribution is 9.10. The van der Waals surface area contributed by atoms with Gasteiger partial charge in [-0.25, -0.2) is 0 Å². The van der Waals surface area contributed by atoms with Crippen LogP contribution in [0.15, 0.2) is 22.7 Å². The van der Waals surface area contributed by atoms with Gasteiger partial charge in [0.15, 0.2) is 0 Å². The Labute approximate surface area is 117 Å². The van der Waals surface area contributed by atoms with Crippen LogP contribution in [0.4, 0.5) is 0 Å². The molecule has 0 radical (unpaired) electrons. The highest BCUT2D eigenvalue weighted by atomic mass is 79.9.